The van der Waals surface area contributed by atoms with Gasteiger partial charge in [-0.05, 0) is 63.4 Å². The summed E-state index contributed by atoms with van der Waals surface area (Å²) in [5, 5.41) is 6.96. The van der Waals surface area contributed by atoms with Crippen LogP contribution in [0.1, 0.15) is 42.1 Å². The molecule has 4 rings (SSSR count). The number of rotatable bonds is 5. The Morgan fingerprint density at radius 3 is 2.56 bits per heavy atom. The van der Waals surface area contributed by atoms with Gasteiger partial charge in [-0.3, -0.25) is 9.59 Å². The van der Waals surface area contributed by atoms with E-state index in [1.165, 1.54) is 0 Å². The van der Waals surface area contributed by atoms with Crippen LogP contribution in [-0.4, -0.2) is 15.9 Å². The zero-order valence-electron chi connectivity index (χ0n) is 15.6. The Labute approximate surface area is 161 Å². The molecule has 1 fully saturated rings. The highest BCUT2D eigenvalue weighted by atomic mass is 32.1. The second-order valence-electron chi connectivity index (χ2n) is 7.12. The Kier molecular flexibility index (Phi) is 4.47. The summed E-state index contributed by atoms with van der Waals surface area (Å²) in [6.07, 6.45) is 1.98. The highest BCUT2D eigenvalue weighted by Gasteiger charge is 2.29. The molecule has 3 aromatic rings. The van der Waals surface area contributed by atoms with Gasteiger partial charge in [-0.25, -0.2) is 4.98 Å². The van der Waals surface area contributed by atoms with Gasteiger partial charge in [0.1, 0.15) is 10.7 Å². The van der Waals surface area contributed by atoms with Crippen LogP contribution in [0.15, 0.2) is 29.1 Å². The third-order valence-electron chi connectivity index (χ3n) is 4.95. The molecule has 6 nitrogen and oxygen atoms in total. The fourth-order valence-electron chi connectivity index (χ4n) is 3.03. The average Bonchev–Trinajstić information content (AvgIpc) is 3.43. The van der Waals surface area contributed by atoms with Crippen molar-refractivity contribution >= 4 is 38.8 Å². The number of aromatic amines is 1. The summed E-state index contributed by atoms with van der Waals surface area (Å²) in [5.74, 6) is 0.894. The number of nitrogens with one attached hydrogen (secondary N) is 3. The van der Waals surface area contributed by atoms with Crippen molar-refractivity contribution in [2.24, 2.45) is 5.92 Å². The predicted octanol–water partition coefficient (Wildman–Crippen LogP) is 4.12. The Morgan fingerprint density at radius 1 is 1.22 bits per heavy atom. The van der Waals surface area contributed by atoms with E-state index in [9.17, 15) is 9.59 Å². The van der Waals surface area contributed by atoms with E-state index in [0.29, 0.717) is 11.2 Å². The second kappa shape index (κ2) is 6.81. The Bertz CT molecular complexity index is 1060. The molecule has 0 bridgehead atoms. The largest absolute Gasteiger partial charge is 0.375 e. The van der Waals surface area contributed by atoms with Gasteiger partial charge in [0.2, 0.25) is 5.91 Å². The first-order valence-electron chi connectivity index (χ1n) is 9.09. The van der Waals surface area contributed by atoms with Gasteiger partial charge in [0.05, 0.1) is 11.4 Å². The number of benzene rings is 1. The molecule has 0 radical (unpaired) electrons. The normalized spacial score (nSPS) is 14.9. The number of nitrogens with zero attached hydrogens (tertiary/aromatic N) is 1. The van der Waals surface area contributed by atoms with Crippen molar-refractivity contribution in [2.45, 2.75) is 39.7 Å². The third kappa shape index (κ3) is 3.60. The molecule has 1 atom stereocenters. The van der Waals surface area contributed by atoms with Gasteiger partial charge in [0.15, 0.2) is 0 Å². The van der Waals surface area contributed by atoms with Crippen LogP contribution >= 0.6 is 11.3 Å². The number of carbonyl (C=O) groups excluding carboxylic acids is 1. The number of hydrogen-bond donors (Lipinski definition) is 3. The fourth-order valence-corrected chi connectivity index (χ4v) is 4.07. The molecule has 0 spiro atoms. The number of amides is 1. The molecule has 3 N–H and O–H groups in total. The molecule has 1 amide bonds. The number of hydrogen-bond acceptors (Lipinski definition) is 5. The maximum atomic E-state index is 12.4. The van der Waals surface area contributed by atoms with Crippen molar-refractivity contribution in [3.8, 4) is 0 Å². The summed E-state index contributed by atoms with van der Waals surface area (Å²) in [7, 11) is 0. The van der Waals surface area contributed by atoms with E-state index in [2.05, 4.69) is 20.6 Å². The lowest BCUT2D eigenvalue weighted by Crippen LogP contribution is -2.17. The molecule has 2 aromatic heterocycles. The maximum Gasteiger partial charge on any atom is 0.259 e. The van der Waals surface area contributed by atoms with Crippen molar-refractivity contribution in [1.82, 2.24) is 9.97 Å². The first kappa shape index (κ1) is 17.7. The van der Waals surface area contributed by atoms with E-state index >= 15 is 0 Å². The summed E-state index contributed by atoms with van der Waals surface area (Å²) in [6.45, 7) is 5.92. The molecule has 1 unspecified atom stereocenters. The molecule has 1 saturated carbocycles. The monoisotopic (exact) mass is 382 g/mol. The average molecular weight is 382 g/mol. The zero-order chi connectivity index (χ0) is 19.1. The summed E-state index contributed by atoms with van der Waals surface area (Å²) in [6, 6.07) is 7.42. The van der Waals surface area contributed by atoms with Crippen LogP contribution in [0.3, 0.4) is 0 Å². The molecule has 2 heterocycles. The molecule has 7 heteroatoms. The minimum Gasteiger partial charge on any atom is -0.375 e. The molecule has 1 aromatic carbocycles. The number of anilines is 2. The molecule has 0 aliphatic heterocycles. The summed E-state index contributed by atoms with van der Waals surface area (Å²) >= 11 is 1.55. The number of aryl methyl sites for hydroxylation is 2. The molecular weight excluding hydrogens is 360 g/mol. The highest BCUT2D eigenvalue weighted by molar-refractivity contribution is 7.18. The minimum absolute atomic E-state index is 0.0939. The smallest absolute Gasteiger partial charge is 0.259 e. The van der Waals surface area contributed by atoms with E-state index in [0.717, 1.165) is 39.5 Å². The minimum atomic E-state index is -0.156. The number of thiophene rings is 1. The molecule has 1 aliphatic carbocycles. The van der Waals surface area contributed by atoms with Crippen molar-refractivity contribution < 1.29 is 4.79 Å². The first-order chi connectivity index (χ1) is 12.9. The van der Waals surface area contributed by atoms with Crippen LogP contribution in [0.25, 0.3) is 10.2 Å². The maximum absolute atomic E-state index is 12.4. The van der Waals surface area contributed by atoms with Crippen LogP contribution in [-0.2, 0) is 4.79 Å². The van der Waals surface area contributed by atoms with Crippen molar-refractivity contribution in [1.29, 1.82) is 0 Å². The van der Waals surface area contributed by atoms with Gasteiger partial charge in [-0.2, -0.15) is 0 Å². The molecule has 140 valence electrons. The predicted molar refractivity (Wildman–Crippen MR) is 110 cm³/mol. The Hall–Kier alpha value is -2.67. The van der Waals surface area contributed by atoms with Crippen molar-refractivity contribution in [2.75, 3.05) is 10.6 Å². The van der Waals surface area contributed by atoms with Gasteiger partial charge >= 0.3 is 0 Å². The number of carbonyl (C=O) groups is 1. The van der Waals surface area contributed by atoms with E-state index in [1.54, 1.807) is 11.3 Å². The first-order valence-corrected chi connectivity index (χ1v) is 9.91. The van der Waals surface area contributed by atoms with Gasteiger partial charge in [-0.15, -0.1) is 11.3 Å². The summed E-state index contributed by atoms with van der Waals surface area (Å²) in [4.78, 5) is 33.7. The van der Waals surface area contributed by atoms with Crippen LogP contribution in [0, 0.1) is 19.8 Å². The van der Waals surface area contributed by atoms with Crippen LogP contribution < -0.4 is 16.2 Å². The quantitative estimate of drug-likeness (QED) is 0.619. The second-order valence-corrected chi connectivity index (χ2v) is 8.32. The number of H-pyrrole nitrogens is 1. The summed E-state index contributed by atoms with van der Waals surface area (Å²) in [5.41, 5.74) is 2.60. The van der Waals surface area contributed by atoms with Crippen molar-refractivity contribution in [3.05, 3.63) is 50.9 Å². The van der Waals surface area contributed by atoms with Crippen molar-refractivity contribution in [3.63, 3.8) is 0 Å². The molecule has 0 saturated heterocycles. The highest BCUT2D eigenvalue weighted by Crippen LogP contribution is 2.30. The van der Waals surface area contributed by atoms with E-state index < -0.39 is 0 Å². The van der Waals surface area contributed by atoms with Crippen LogP contribution in [0.5, 0.6) is 0 Å². The lowest BCUT2D eigenvalue weighted by molar-refractivity contribution is -0.117. The Morgan fingerprint density at radius 2 is 1.89 bits per heavy atom. The zero-order valence-corrected chi connectivity index (χ0v) is 16.4. The number of fused-ring (bicyclic) bond motifs is 1. The van der Waals surface area contributed by atoms with Gasteiger partial charge in [0, 0.05) is 22.2 Å². The van der Waals surface area contributed by atoms with Crippen LogP contribution in [0.4, 0.5) is 11.4 Å². The lowest BCUT2D eigenvalue weighted by atomic mass is 10.2. The van der Waals surface area contributed by atoms with Gasteiger partial charge in [0.25, 0.3) is 5.56 Å². The van der Waals surface area contributed by atoms with Crippen LogP contribution in [0.2, 0.25) is 0 Å². The Balaban J connectivity index is 1.50. The topological polar surface area (TPSA) is 86.9 Å². The molecular formula is C20H22N4O2S. The van der Waals surface area contributed by atoms with E-state index in [-0.39, 0.29) is 23.4 Å². The molecule has 1 aliphatic rings. The lowest BCUT2D eigenvalue weighted by Gasteiger charge is -2.15. The van der Waals surface area contributed by atoms with Gasteiger partial charge in [-0.1, -0.05) is 0 Å². The van der Waals surface area contributed by atoms with E-state index in [1.807, 2.05) is 45.0 Å². The van der Waals surface area contributed by atoms with E-state index in [4.69, 9.17) is 0 Å². The summed E-state index contributed by atoms with van der Waals surface area (Å²) < 4.78 is 0. The standard InChI is InChI=1S/C20H22N4O2S/c1-10-12(3)27-20-16(10)19(26)23-17(24-20)11(2)21-14-6-8-15(9-7-14)22-18(25)13-4-5-13/h6-9,11,13,21H,4-5H2,1-3H3,(H,22,25)(H,23,24,26). The SMILES string of the molecule is Cc1sc2nc(C(C)Nc3ccc(NC(=O)C4CC4)cc3)[nH]c(=O)c2c1C. The third-order valence-corrected chi connectivity index (χ3v) is 6.05. The molecule has 27 heavy (non-hydrogen) atoms. The number of aromatic nitrogens is 2. The fraction of sp³-hybridized carbons (Fsp3) is 0.350. The van der Waals surface area contributed by atoms with Gasteiger partial charge < -0.3 is 15.6 Å².